The van der Waals surface area contributed by atoms with Gasteiger partial charge in [0.25, 0.3) is 0 Å². The summed E-state index contributed by atoms with van der Waals surface area (Å²) in [6, 6.07) is 9.79. The summed E-state index contributed by atoms with van der Waals surface area (Å²) < 4.78 is 0. The molecule has 0 saturated heterocycles. The third-order valence-electron chi connectivity index (χ3n) is 2.50. The van der Waals surface area contributed by atoms with Crippen molar-refractivity contribution in [1.29, 1.82) is 0 Å². The molecule has 0 saturated carbocycles. The van der Waals surface area contributed by atoms with Crippen LogP contribution in [-0.2, 0) is 6.42 Å². The number of anilines is 4. The van der Waals surface area contributed by atoms with Crippen LogP contribution in [0.25, 0.3) is 0 Å². The highest BCUT2D eigenvalue weighted by molar-refractivity contribution is 5.61. The fourth-order valence-corrected chi connectivity index (χ4v) is 1.62. The van der Waals surface area contributed by atoms with Crippen LogP contribution in [0.2, 0.25) is 0 Å². The molecule has 0 spiro atoms. The van der Waals surface area contributed by atoms with E-state index in [9.17, 15) is 0 Å². The van der Waals surface area contributed by atoms with Gasteiger partial charge in [-0.25, -0.2) is 5.84 Å². The molecule has 1 aromatic heterocycles. The lowest BCUT2D eigenvalue weighted by Gasteiger charge is -2.09. The van der Waals surface area contributed by atoms with Gasteiger partial charge >= 0.3 is 0 Å². The van der Waals surface area contributed by atoms with Gasteiger partial charge in [-0.15, -0.1) is 0 Å². The molecule has 0 bridgehead atoms. The van der Waals surface area contributed by atoms with Crippen molar-refractivity contribution in [2.45, 2.75) is 13.3 Å². The van der Waals surface area contributed by atoms with E-state index in [4.69, 9.17) is 11.6 Å². The Morgan fingerprint density at radius 3 is 2.67 bits per heavy atom. The van der Waals surface area contributed by atoms with Gasteiger partial charge in [0.1, 0.15) is 11.6 Å². The highest BCUT2D eigenvalue weighted by atomic mass is 15.3. The van der Waals surface area contributed by atoms with Crippen molar-refractivity contribution in [3.63, 3.8) is 0 Å². The molecule has 1 aromatic carbocycles. The van der Waals surface area contributed by atoms with Crippen LogP contribution in [0.5, 0.6) is 0 Å². The lowest BCUT2D eigenvalue weighted by molar-refractivity contribution is 1.13. The molecule has 0 aliphatic heterocycles. The second-order valence-corrected chi connectivity index (χ2v) is 3.82. The van der Waals surface area contributed by atoms with Crippen LogP contribution in [0.15, 0.2) is 30.3 Å². The number of nitrogens with zero attached hydrogens (tertiary/aromatic N) is 2. The highest BCUT2D eigenvalue weighted by Crippen LogP contribution is 2.18. The first-order chi connectivity index (χ1) is 8.71. The molecule has 0 amide bonds. The van der Waals surface area contributed by atoms with Crippen LogP contribution in [0.4, 0.5) is 23.3 Å². The predicted octanol–water partition coefficient (Wildman–Crippen LogP) is 1.65. The molecule has 6 N–H and O–H groups in total. The fourth-order valence-electron chi connectivity index (χ4n) is 1.62. The number of hydrazine groups is 1. The molecular weight excluding hydrogens is 228 g/mol. The van der Waals surface area contributed by atoms with Crippen molar-refractivity contribution < 1.29 is 0 Å². The third kappa shape index (κ3) is 2.86. The van der Waals surface area contributed by atoms with Gasteiger partial charge in [0.15, 0.2) is 0 Å². The molecule has 0 unspecified atom stereocenters. The first kappa shape index (κ1) is 12.1. The molecule has 0 aliphatic carbocycles. The van der Waals surface area contributed by atoms with Crippen LogP contribution < -0.4 is 22.3 Å². The standard InChI is InChI=1S/C12H16N6/c1-2-8-4-3-5-9(6-8)15-10-7-11(18-14)17-12(13)16-10/h3-7H,2,14H2,1H3,(H4,13,15,16,17,18). The van der Waals surface area contributed by atoms with E-state index in [-0.39, 0.29) is 5.95 Å². The number of benzene rings is 1. The van der Waals surface area contributed by atoms with E-state index in [0.717, 1.165) is 12.1 Å². The molecule has 18 heavy (non-hydrogen) atoms. The normalized spacial score (nSPS) is 10.1. The summed E-state index contributed by atoms with van der Waals surface area (Å²) in [5.74, 6) is 6.54. The Labute approximate surface area is 105 Å². The highest BCUT2D eigenvalue weighted by Gasteiger charge is 2.02. The van der Waals surface area contributed by atoms with E-state index in [1.165, 1.54) is 5.56 Å². The van der Waals surface area contributed by atoms with E-state index in [1.807, 2.05) is 12.1 Å². The van der Waals surface area contributed by atoms with E-state index >= 15 is 0 Å². The van der Waals surface area contributed by atoms with Crippen molar-refractivity contribution in [1.82, 2.24) is 9.97 Å². The van der Waals surface area contributed by atoms with Gasteiger partial charge in [0.2, 0.25) is 5.95 Å². The Morgan fingerprint density at radius 2 is 1.94 bits per heavy atom. The number of nitrogen functional groups attached to an aromatic ring is 2. The minimum absolute atomic E-state index is 0.166. The molecule has 0 radical (unpaired) electrons. The first-order valence-corrected chi connectivity index (χ1v) is 5.68. The average molecular weight is 244 g/mol. The Morgan fingerprint density at radius 1 is 1.17 bits per heavy atom. The van der Waals surface area contributed by atoms with Gasteiger partial charge in [0.05, 0.1) is 0 Å². The van der Waals surface area contributed by atoms with E-state index in [2.05, 4.69) is 39.8 Å². The Hall–Kier alpha value is -2.34. The summed E-state index contributed by atoms with van der Waals surface area (Å²) in [7, 11) is 0. The quantitative estimate of drug-likeness (QED) is 0.482. The van der Waals surface area contributed by atoms with Crippen LogP contribution in [0.1, 0.15) is 12.5 Å². The summed E-state index contributed by atoms with van der Waals surface area (Å²) in [5, 5.41) is 3.17. The third-order valence-corrected chi connectivity index (χ3v) is 2.50. The van der Waals surface area contributed by atoms with Crippen LogP contribution >= 0.6 is 0 Å². The van der Waals surface area contributed by atoms with E-state index in [0.29, 0.717) is 11.6 Å². The van der Waals surface area contributed by atoms with Crippen molar-refractivity contribution in [3.05, 3.63) is 35.9 Å². The zero-order valence-corrected chi connectivity index (χ0v) is 10.1. The van der Waals surface area contributed by atoms with Gasteiger partial charge < -0.3 is 16.5 Å². The number of aromatic nitrogens is 2. The summed E-state index contributed by atoms with van der Waals surface area (Å²) in [6.45, 7) is 2.11. The maximum absolute atomic E-state index is 5.59. The van der Waals surface area contributed by atoms with Gasteiger partial charge in [-0.1, -0.05) is 19.1 Å². The molecule has 6 nitrogen and oxygen atoms in total. The molecule has 0 atom stereocenters. The average Bonchev–Trinajstić information content (AvgIpc) is 2.38. The zero-order valence-electron chi connectivity index (χ0n) is 10.1. The van der Waals surface area contributed by atoms with E-state index < -0.39 is 0 Å². The predicted molar refractivity (Wildman–Crippen MR) is 73.4 cm³/mol. The van der Waals surface area contributed by atoms with Gasteiger partial charge in [0, 0.05) is 11.8 Å². The lowest BCUT2D eigenvalue weighted by atomic mass is 10.1. The zero-order chi connectivity index (χ0) is 13.0. The van der Waals surface area contributed by atoms with Gasteiger partial charge in [-0.2, -0.15) is 9.97 Å². The topological polar surface area (TPSA) is 102 Å². The minimum atomic E-state index is 0.166. The minimum Gasteiger partial charge on any atom is -0.368 e. The maximum atomic E-state index is 5.59. The van der Waals surface area contributed by atoms with Crippen molar-refractivity contribution in [2.75, 3.05) is 16.5 Å². The number of aryl methyl sites for hydroxylation is 1. The molecule has 6 heteroatoms. The second-order valence-electron chi connectivity index (χ2n) is 3.82. The molecule has 0 aliphatic rings. The number of rotatable bonds is 4. The SMILES string of the molecule is CCc1cccc(Nc2cc(NN)nc(N)n2)c1. The van der Waals surface area contributed by atoms with Crippen molar-refractivity contribution >= 4 is 23.3 Å². The largest absolute Gasteiger partial charge is 0.368 e. The number of nitrogens with one attached hydrogen (secondary N) is 2. The van der Waals surface area contributed by atoms with Crippen LogP contribution in [0, 0.1) is 0 Å². The Balaban J connectivity index is 2.24. The van der Waals surface area contributed by atoms with E-state index in [1.54, 1.807) is 6.07 Å². The smallest absolute Gasteiger partial charge is 0.223 e. The summed E-state index contributed by atoms with van der Waals surface area (Å²) in [5.41, 5.74) is 10.2. The summed E-state index contributed by atoms with van der Waals surface area (Å²) in [4.78, 5) is 8.01. The Bertz CT molecular complexity index is 540. The molecule has 94 valence electrons. The fraction of sp³-hybridized carbons (Fsp3) is 0.167. The Kier molecular flexibility index (Phi) is 3.59. The lowest BCUT2D eigenvalue weighted by Crippen LogP contribution is -2.11. The molecule has 1 heterocycles. The first-order valence-electron chi connectivity index (χ1n) is 5.68. The van der Waals surface area contributed by atoms with Crippen molar-refractivity contribution in [3.8, 4) is 0 Å². The maximum Gasteiger partial charge on any atom is 0.223 e. The van der Waals surface area contributed by atoms with Crippen LogP contribution in [0.3, 0.4) is 0 Å². The molecule has 2 aromatic rings. The number of nitrogens with two attached hydrogens (primary N) is 2. The second kappa shape index (κ2) is 5.33. The van der Waals surface area contributed by atoms with Crippen LogP contribution in [-0.4, -0.2) is 9.97 Å². The summed E-state index contributed by atoms with van der Waals surface area (Å²) >= 11 is 0. The molecular formula is C12H16N6. The van der Waals surface area contributed by atoms with Gasteiger partial charge in [-0.3, -0.25) is 0 Å². The molecule has 2 rings (SSSR count). The number of hydrogen-bond acceptors (Lipinski definition) is 6. The van der Waals surface area contributed by atoms with Crippen molar-refractivity contribution in [2.24, 2.45) is 5.84 Å². The number of hydrogen-bond donors (Lipinski definition) is 4. The molecule has 0 fully saturated rings. The monoisotopic (exact) mass is 244 g/mol. The van der Waals surface area contributed by atoms with Gasteiger partial charge in [-0.05, 0) is 24.1 Å². The summed E-state index contributed by atoms with van der Waals surface area (Å²) in [6.07, 6.45) is 0.983.